The second-order valence-corrected chi connectivity index (χ2v) is 5.43. The van der Waals surface area contributed by atoms with E-state index in [1.165, 1.54) is 18.4 Å². The van der Waals surface area contributed by atoms with E-state index < -0.39 is 0 Å². The molecule has 0 atom stereocenters. The molecule has 1 heterocycles. The van der Waals surface area contributed by atoms with Gasteiger partial charge in [0.25, 0.3) is 0 Å². The summed E-state index contributed by atoms with van der Waals surface area (Å²) in [5.74, 6) is 0.462. The van der Waals surface area contributed by atoms with Crippen LogP contribution in [0.25, 0.3) is 0 Å². The molecule has 1 aromatic carbocycles. The van der Waals surface area contributed by atoms with Crippen molar-refractivity contribution in [3.8, 4) is 11.5 Å². The minimum atomic E-state index is 0.0724. The number of phenolic OH excluding ortho intramolecular Hbond substituents is 1. The van der Waals surface area contributed by atoms with Gasteiger partial charge in [-0.1, -0.05) is 0 Å². The van der Waals surface area contributed by atoms with Gasteiger partial charge in [0, 0.05) is 5.38 Å². The van der Waals surface area contributed by atoms with E-state index in [-0.39, 0.29) is 5.75 Å². The van der Waals surface area contributed by atoms with Gasteiger partial charge in [-0.15, -0.1) is 11.3 Å². The third-order valence-electron chi connectivity index (χ3n) is 2.26. The molecule has 0 radical (unpaired) electrons. The molecule has 0 bridgehead atoms. The molecular weight excluding hydrogens is 330 g/mol. The smallest absolute Gasteiger partial charge is 0.203 e. The van der Waals surface area contributed by atoms with Crippen LogP contribution in [0, 0.1) is 6.92 Å². The Labute approximate surface area is 123 Å². The molecule has 2 rings (SSSR count). The van der Waals surface area contributed by atoms with Crippen LogP contribution in [-0.2, 0) is 0 Å². The summed E-state index contributed by atoms with van der Waals surface area (Å²) in [4.78, 5) is 4.23. The number of hydrazone groups is 1. The first-order valence-electron chi connectivity index (χ1n) is 5.38. The summed E-state index contributed by atoms with van der Waals surface area (Å²) in [7, 11) is 1.50. The number of nitrogens with zero attached hydrogens (tertiary/aromatic N) is 2. The number of methoxy groups -OCH3 is 1. The average molecular weight is 342 g/mol. The molecule has 0 unspecified atom stereocenters. The van der Waals surface area contributed by atoms with Gasteiger partial charge in [0.15, 0.2) is 11.5 Å². The zero-order valence-corrected chi connectivity index (χ0v) is 12.7. The normalized spacial score (nSPS) is 10.9. The number of hydrogen-bond donors (Lipinski definition) is 2. The second kappa shape index (κ2) is 6.03. The number of aromatic nitrogens is 1. The van der Waals surface area contributed by atoms with Crippen molar-refractivity contribution in [2.45, 2.75) is 6.92 Å². The summed E-state index contributed by atoms with van der Waals surface area (Å²) in [5, 5.41) is 16.5. The van der Waals surface area contributed by atoms with E-state index in [1.807, 2.05) is 12.3 Å². The van der Waals surface area contributed by atoms with Crippen LogP contribution in [0.5, 0.6) is 11.5 Å². The number of phenols is 1. The molecule has 5 nitrogen and oxygen atoms in total. The predicted molar refractivity (Wildman–Crippen MR) is 80.4 cm³/mol. The minimum Gasteiger partial charge on any atom is -0.503 e. The number of aryl methyl sites for hydroxylation is 1. The maximum atomic E-state index is 9.69. The first-order valence-corrected chi connectivity index (χ1v) is 7.05. The Morgan fingerprint density at radius 2 is 2.32 bits per heavy atom. The van der Waals surface area contributed by atoms with Gasteiger partial charge in [0.2, 0.25) is 5.13 Å². The summed E-state index contributed by atoms with van der Waals surface area (Å²) in [6.07, 6.45) is 1.63. The summed E-state index contributed by atoms with van der Waals surface area (Å²) in [6.45, 7) is 1.92. The molecule has 0 amide bonds. The van der Waals surface area contributed by atoms with Gasteiger partial charge in [-0.25, -0.2) is 4.98 Å². The Kier molecular flexibility index (Phi) is 4.39. The maximum absolute atomic E-state index is 9.69. The van der Waals surface area contributed by atoms with E-state index in [0.717, 1.165) is 16.4 Å². The topological polar surface area (TPSA) is 66.7 Å². The van der Waals surface area contributed by atoms with Crippen molar-refractivity contribution in [2.24, 2.45) is 5.10 Å². The van der Waals surface area contributed by atoms with Gasteiger partial charge in [0.1, 0.15) is 0 Å². The van der Waals surface area contributed by atoms with Crippen molar-refractivity contribution >= 4 is 38.6 Å². The number of nitrogens with one attached hydrogen (secondary N) is 1. The van der Waals surface area contributed by atoms with Crippen LogP contribution < -0.4 is 10.2 Å². The highest BCUT2D eigenvalue weighted by atomic mass is 79.9. The molecule has 0 aliphatic rings. The van der Waals surface area contributed by atoms with Gasteiger partial charge in [-0.05, 0) is 40.5 Å². The Balaban J connectivity index is 2.12. The quantitative estimate of drug-likeness (QED) is 0.660. The highest BCUT2D eigenvalue weighted by Crippen LogP contribution is 2.34. The van der Waals surface area contributed by atoms with Crippen LogP contribution in [-0.4, -0.2) is 23.4 Å². The molecule has 7 heteroatoms. The molecule has 0 saturated carbocycles. The second-order valence-electron chi connectivity index (χ2n) is 3.72. The highest BCUT2D eigenvalue weighted by Gasteiger charge is 2.07. The number of rotatable bonds is 4. The number of thiazole rings is 1. The summed E-state index contributed by atoms with van der Waals surface area (Å²) in [5.41, 5.74) is 4.59. The lowest BCUT2D eigenvalue weighted by molar-refractivity contribution is 0.372. The molecule has 0 aliphatic heterocycles. The molecule has 100 valence electrons. The third-order valence-corrected chi connectivity index (χ3v) is 3.73. The lowest BCUT2D eigenvalue weighted by atomic mass is 10.2. The van der Waals surface area contributed by atoms with Crippen LogP contribution >= 0.6 is 27.3 Å². The van der Waals surface area contributed by atoms with Gasteiger partial charge in [-0.2, -0.15) is 5.10 Å². The molecule has 2 N–H and O–H groups in total. The fraction of sp³-hybridized carbons (Fsp3) is 0.167. The van der Waals surface area contributed by atoms with Crippen molar-refractivity contribution in [3.05, 3.63) is 33.2 Å². The van der Waals surface area contributed by atoms with E-state index in [2.05, 4.69) is 31.4 Å². The molecule has 2 aromatic rings. The monoisotopic (exact) mass is 341 g/mol. The van der Waals surface area contributed by atoms with Crippen molar-refractivity contribution < 1.29 is 9.84 Å². The van der Waals surface area contributed by atoms with E-state index in [4.69, 9.17) is 4.74 Å². The molecule has 0 saturated heterocycles. The fourth-order valence-electron chi connectivity index (χ4n) is 1.39. The third kappa shape index (κ3) is 3.45. The first-order chi connectivity index (χ1) is 9.10. The Morgan fingerprint density at radius 3 is 2.95 bits per heavy atom. The van der Waals surface area contributed by atoms with Gasteiger partial charge < -0.3 is 9.84 Å². The van der Waals surface area contributed by atoms with Gasteiger partial charge >= 0.3 is 0 Å². The number of anilines is 1. The first kappa shape index (κ1) is 13.8. The van der Waals surface area contributed by atoms with Crippen molar-refractivity contribution in [3.63, 3.8) is 0 Å². The minimum absolute atomic E-state index is 0.0724. The zero-order valence-electron chi connectivity index (χ0n) is 10.3. The number of hydrogen-bond acceptors (Lipinski definition) is 6. The van der Waals surface area contributed by atoms with Gasteiger partial charge in [0.05, 0.1) is 23.5 Å². The van der Waals surface area contributed by atoms with E-state index in [1.54, 1.807) is 18.3 Å². The van der Waals surface area contributed by atoms with Crippen LogP contribution in [0.4, 0.5) is 5.13 Å². The number of aromatic hydroxyl groups is 1. The largest absolute Gasteiger partial charge is 0.503 e. The molecule has 19 heavy (non-hydrogen) atoms. The SMILES string of the molecule is COc1cc(C=NNc2nc(C)cs2)cc(Br)c1O. The van der Waals surface area contributed by atoms with E-state index in [9.17, 15) is 5.11 Å². The fourth-order valence-corrected chi connectivity index (χ4v) is 2.49. The number of benzene rings is 1. The number of ether oxygens (including phenoxy) is 1. The summed E-state index contributed by atoms with van der Waals surface area (Å²) < 4.78 is 5.62. The zero-order chi connectivity index (χ0) is 13.8. The molecule has 1 aromatic heterocycles. The Morgan fingerprint density at radius 1 is 1.53 bits per heavy atom. The van der Waals surface area contributed by atoms with Crippen LogP contribution in [0.3, 0.4) is 0 Å². The molecule has 0 fully saturated rings. The molecular formula is C12H12BrN3O2S. The standard InChI is InChI=1S/C12H12BrN3O2S/c1-7-6-19-12(15-7)16-14-5-8-3-9(13)11(17)10(4-8)18-2/h3-6,17H,1-2H3,(H,15,16). The van der Waals surface area contributed by atoms with Crippen molar-refractivity contribution in [1.82, 2.24) is 4.98 Å². The lowest BCUT2D eigenvalue weighted by Gasteiger charge is -2.06. The Hall–Kier alpha value is -1.60. The van der Waals surface area contributed by atoms with Crippen LogP contribution in [0.2, 0.25) is 0 Å². The number of halogens is 1. The summed E-state index contributed by atoms with van der Waals surface area (Å²) in [6, 6.07) is 3.44. The predicted octanol–water partition coefficient (Wildman–Crippen LogP) is 3.37. The van der Waals surface area contributed by atoms with E-state index in [0.29, 0.717) is 10.2 Å². The van der Waals surface area contributed by atoms with E-state index >= 15 is 0 Å². The van der Waals surface area contributed by atoms with Crippen LogP contribution in [0.15, 0.2) is 27.1 Å². The summed E-state index contributed by atoms with van der Waals surface area (Å²) >= 11 is 4.74. The van der Waals surface area contributed by atoms with Crippen molar-refractivity contribution in [2.75, 3.05) is 12.5 Å². The van der Waals surface area contributed by atoms with Crippen LogP contribution in [0.1, 0.15) is 11.3 Å². The molecule has 0 spiro atoms. The lowest BCUT2D eigenvalue weighted by Crippen LogP contribution is -1.92. The Bertz CT molecular complexity index is 613. The maximum Gasteiger partial charge on any atom is 0.203 e. The average Bonchev–Trinajstić information content (AvgIpc) is 2.79. The van der Waals surface area contributed by atoms with Crippen molar-refractivity contribution in [1.29, 1.82) is 0 Å². The highest BCUT2D eigenvalue weighted by molar-refractivity contribution is 9.10. The molecule has 0 aliphatic carbocycles. The van der Waals surface area contributed by atoms with Gasteiger partial charge in [-0.3, -0.25) is 5.43 Å².